The van der Waals surface area contributed by atoms with Crippen LogP contribution in [0.3, 0.4) is 0 Å². The smallest absolute Gasteiger partial charge is 0.251 e. The van der Waals surface area contributed by atoms with Crippen LogP contribution < -0.4 is 10.6 Å². The van der Waals surface area contributed by atoms with E-state index in [-0.39, 0.29) is 11.8 Å². The molecule has 0 aliphatic carbocycles. The summed E-state index contributed by atoms with van der Waals surface area (Å²) in [6.45, 7) is 2.48. The SMILES string of the molecule is CN(C)Cc1ccc2c(c1)CCCNC2=O.O=C1NCCCc2cc(CCl)ccc21. The lowest BCUT2D eigenvalue weighted by atomic mass is 10.0. The normalized spacial score (nSPS) is 15.6. The maximum absolute atomic E-state index is 11.7. The number of fused-ring (bicyclic) bond motifs is 2. The Morgan fingerprint density at radius 2 is 1.33 bits per heavy atom. The van der Waals surface area contributed by atoms with E-state index >= 15 is 0 Å². The van der Waals surface area contributed by atoms with Crippen LogP contribution in [0, 0.1) is 0 Å². The van der Waals surface area contributed by atoms with Crippen molar-refractivity contribution in [3.05, 3.63) is 69.8 Å². The van der Waals surface area contributed by atoms with Crippen molar-refractivity contribution >= 4 is 23.4 Å². The molecule has 0 unspecified atom stereocenters. The topological polar surface area (TPSA) is 61.4 Å². The number of hydrogen-bond donors (Lipinski definition) is 2. The molecule has 0 bridgehead atoms. The first kappa shape index (κ1) is 22.3. The predicted octanol–water partition coefficient (Wildman–Crippen LogP) is 3.53. The van der Waals surface area contributed by atoms with Crippen molar-refractivity contribution in [3.8, 4) is 0 Å². The molecule has 160 valence electrons. The maximum atomic E-state index is 11.7. The minimum atomic E-state index is 0.0404. The summed E-state index contributed by atoms with van der Waals surface area (Å²) in [5, 5.41) is 5.78. The van der Waals surface area contributed by atoms with E-state index in [0.29, 0.717) is 5.88 Å². The fourth-order valence-corrected chi connectivity index (χ4v) is 4.02. The van der Waals surface area contributed by atoms with E-state index in [1.54, 1.807) is 0 Å². The molecule has 0 radical (unpaired) electrons. The molecule has 0 saturated carbocycles. The Bertz CT molecular complexity index is 911. The van der Waals surface area contributed by atoms with Gasteiger partial charge in [-0.1, -0.05) is 24.3 Å². The Balaban J connectivity index is 0.000000172. The van der Waals surface area contributed by atoms with Crippen molar-refractivity contribution in [2.75, 3.05) is 27.2 Å². The van der Waals surface area contributed by atoms with Crippen LogP contribution in [0.4, 0.5) is 0 Å². The molecule has 30 heavy (non-hydrogen) atoms. The molecule has 0 aromatic heterocycles. The molecule has 2 heterocycles. The Labute approximate surface area is 183 Å². The van der Waals surface area contributed by atoms with Gasteiger partial charge in [0.15, 0.2) is 0 Å². The van der Waals surface area contributed by atoms with Crippen molar-refractivity contribution in [1.82, 2.24) is 15.5 Å². The fourth-order valence-electron chi connectivity index (χ4n) is 3.85. The number of amides is 2. The molecule has 6 heteroatoms. The highest BCUT2D eigenvalue weighted by atomic mass is 35.5. The number of alkyl halides is 1. The summed E-state index contributed by atoms with van der Waals surface area (Å²) in [5.74, 6) is 0.622. The van der Waals surface area contributed by atoms with Gasteiger partial charge in [0, 0.05) is 36.6 Å². The van der Waals surface area contributed by atoms with Crippen molar-refractivity contribution < 1.29 is 9.59 Å². The number of halogens is 1. The second kappa shape index (κ2) is 10.6. The summed E-state index contributed by atoms with van der Waals surface area (Å²) in [6.07, 6.45) is 3.99. The third-order valence-electron chi connectivity index (χ3n) is 5.30. The number of aryl methyl sites for hydroxylation is 2. The van der Waals surface area contributed by atoms with Crippen molar-refractivity contribution in [3.63, 3.8) is 0 Å². The van der Waals surface area contributed by atoms with Gasteiger partial charge in [0.2, 0.25) is 0 Å². The first-order valence-electron chi connectivity index (χ1n) is 10.5. The Hall–Kier alpha value is -2.37. The molecule has 2 amide bonds. The van der Waals surface area contributed by atoms with Gasteiger partial charge in [-0.3, -0.25) is 9.59 Å². The van der Waals surface area contributed by atoms with E-state index in [4.69, 9.17) is 11.6 Å². The number of carbonyl (C=O) groups excluding carboxylic acids is 2. The summed E-state index contributed by atoms with van der Waals surface area (Å²) in [7, 11) is 4.11. The summed E-state index contributed by atoms with van der Waals surface area (Å²) in [5.41, 5.74) is 6.32. The molecular formula is C24H30ClN3O2. The molecule has 2 N–H and O–H groups in total. The summed E-state index contributed by atoms with van der Waals surface area (Å²) < 4.78 is 0. The van der Waals surface area contributed by atoms with Crippen LogP contribution in [0.5, 0.6) is 0 Å². The number of rotatable bonds is 3. The molecule has 0 spiro atoms. The molecule has 0 saturated heterocycles. The second-order valence-corrected chi connectivity index (χ2v) is 8.34. The Morgan fingerprint density at radius 3 is 1.83 bits per heavy atom. The number of carbonyl (C=O) groups is 2. The first-order valence-corrected chi connectivity index (χ1v) is 11.0. The van der Waals surface area contributed by atoms with Crippen LogP contribution in [0.15, 0.2) is 36.4 Å². The summed E-state index contributed by atoms with van der Waals surface area (Å²) >= 11 is 5.75. The summed E-state index contributed by atoms with van der Waals surface area (Å²) in [6, 6.07) is 12.0. The average Bonchev–Trinajstić information content (AvgIpc) is 3.03. The lowest BCUT2D eigenvalue weighted by Gasteiger charge is -2.12. The van der Waals surface area contributed by atoms with Gasteiger partial charge < -0.3 is 15.5 Å². The van der Waals surface area contributed by atoms with Crippen LogP contribution in [-0.2, 0) is 25.3 Å². The highest BCUT2D eigenvalue weighted by molar-refractivity contribution is 6.17. The van der Waals surface area contributed by atoms with Crippen LogP contribution >= 0.6 is 11.6 Å². The highest BCUT2D eigenvalue weighted by Gasteiger charge is 2.15. The van der Waals surface area contributed by atoms with E-state index < -0.39 is 0 Å². The molecule has 4 rings (SSSR count). The van der Waals surface area contributed by atoms with Gasteiger partial charge in [-0.15, -0.1) is 11.6 Å². The predicted molar refractivity (Wildman–Crippen MR) is 121 cm³/mol. The van der Waals surface area contributed by atoms with Crippen molar-refractivity contribution in [1.29, 1.82) is 0 Å². The number of nitrogens with zero attached hydrogens (tertiary/aromatic N) is 1. The van der Waals surface area contributed by atoms with Gasteiger partial charge in [0.05, 0.1) is 0 Å². The molecule has 2 aliphatic heterocycles. The van der Waals surface area contributed by atoms with Gasteiger partial charge in [-0.2, -0.15) is 0 Å². The minimum Gasteiger partial charge on any atom is -0.352 e. The third-order valence-corrected chi connectivity index (χ3v) is 5.61. The van der Waals surface area contributed by atoms with Gasteiger partial charge in [-0.25, -0.2) is 0 Å². The molecule has 0 fully saturated rings. The van der Waals surface area contributed by atoms with Gasteiger partial charge in [-0.05, 0) is 74.2 Å². The van der Waals surface area contributed by atoms with Crippen LogP contribution in [-0.4, -0.2) is 43.9 Å². The molecule has 2 aromatic carbocycles. The molecule has 0 atom stereocenters. The number of nitrogens with one attached hydrogen (secondary N) is 2. The minimum absolute atomic E-state index is 0.0404. The highest BCUT2D eigenvalue weighted by Crippen LogP contribution is 2.18. The van der Waals surface area contributed by atoms with Gasteiger partial charge >= 0.3 is 0 Å². The van der Waals surface area contributed by atoms with E-state index in [2.05, 4.69) is 35.7 Å². The first-order chi connectivity index (χ1) is 14.5. The largest absolute Gasteiger partial charge is 0.352 e. The standard InChI is InChI=1S/C13H18N2O.C11H12ClNO/c1-15(2)9-10-5-6-12-11(8-10)4-3-7-14-13(12)16;12-7-8-3-4-10-9(6-8)2-1-5-13-11(10)14/h5-6,8H,3-4,7,9H2,1-2H3,(H,14,16);3-4,6H,1-2,5,7H2,(H,13,14). The Morgan fingerprint density at radius 1 is 0.833 bits per heavy atom. The van der Waals surface area contributed by atoms with Crippen molar-refractivity contribution in [2.45, 2.75) is 38.1 Å². The van der Waals surface area contributed by atoms with Crippen LogP contribution in [0.1, 0.15) is 55.8 Å². The van der Waals surface area contributed by atoms with Gasteiger partial charge in [0.25, 0.3) is 11.8 Å². The molecular weight excluding hydrogens is 398 g/mol. The quantitative estimate of drug-likeness (QED) is 0.736. The lowest BCUT2D eigenvalue weighted by Crippen LogP contribution is -2.22. The zero-order valence-corrected chi connectivity index (χ0v) is 18.5. The number of benzene rings is 2. The van der Waals surface area contributed by atoms with E-state index in [1.807, 2.05) is 30.3 Å². The van der Waals surface area contributed by atoms with Crippen molar-refractivity contribution in [2.24, 2.45) is 0 Å². The van der Waals surface area contributed by atoms with Crippen LogP contribution in [0.25, 0.3) is 0 Å². The van der Waals surface area contributed by atoms with Crippen LogP contribution in [0.2, 0.25) is 0 Å². The molecule has 2 aromatic rings. The second-order valence-electron chi connectivity index (χ2n) is 8.07. The Kier molecular flexibility index (Phi) is 7.88. The van der Waals surface area contributed by atoms with Gasteiger partial charge in [0.1, 0.15) is 0 Å². The monoisotopic (exact) mass is 427 g/mol. The zero-order valence-electron chi connectivity index (χ0n) is 17.8. The van der Waals surface area contributed by atoms with E-state index in [9.17, 15) is 9.59 Å². The number of hydrogen-bond acceptors (Lipinski definition) is 3. The average molecular weight is 428 g/mol. The van der Waals surface area contributed by atoms with E-state index in [0.717, 1.165) is 67.6 Å². The maximum Gasteiger partial charge on any atom is 0.251 e. The van der Waals surface area contributed by atoms with E-state index in [1.165, 1.54) is 11.1 Å². The lowest BCUT2D eigenvalue weighted by molar-refractivity contribution is 0.0947. The zero-order chi connectivity index (χ0) is 21.5. The molecule has 2 aliphatic rings. The third kappa shape index (κ3) is 5.83. The fraction of sp³-hybridized carbons (Fsp3) is 0.417. The molecule has 5 nitrogen and oxygen atoms in total. The summed E-state index contributed by atoms with van der Waals surface area (Å²) in [4.78, 5) is 25.4.